The van der Waals surface area contributed by atoms with Crippen molar-refractivity contribution in [3.63, 3.8) is 0 Å². The van der Waals surface area contributed by atoms with Gasteiger partial charge in [0.05, 0.1) is 28.8 Å². The summed E-state index contributed by atoms with van der Waals surface area (Å²) in [6.07, 6.45) is 0.314. The third-order valence-corrected chi connectivity index (χ3v) is 6.34. The zero-order valence-corrected chi connectivity index (χ0v) is 16.1. The maximum atomic E-state index is 13.1. The first-order valence-corrected chi connectivity index (χ1v) is 9.89. The highest BCUT2D eigenvalue weighted by Gasteiger charge is 2.59. The van der Waals surface area contributed by atoms with Crippen molar-refractivity contribution in [3.05, 3.63) is 71.8 Å². The second kappa shape index (κ2) is 6.80. The highest BCUT2D eigenvalue weighted by atomic mass is 19.4. The highest BCUT2D eigenvalue weighted by Crippen LogP contribution is 2.53. The van der Waals surface area contributed by atoms with Gasteiger partial charge in [0.15, 0.2) is 0 Å². The van der Waals surface area contributed by atoms with Gasteiger partial charge in [-0.3, -0.25) is 14.4 Å². The summed E-state index contributed by atoms with van der Waals surface area (Å²) in [5.41, 5.74) is -0.311. The molecule has 31 heavy (non-hydrogen) atoms. The Morgan fingerprint density at radius 2 is 1.48 bits per heavy atom. The molecule has 3 amide bonds. The van der Waals surface area contributed by atoms with E-state index in [0.717, 1.165) is 35.6 Å². The number of alkyl halides is 3. The maximum absolute atomic E-state index is 13.1. The number of imide groups is 1. The van der Waals surface area contributed by atoms with Crippen LogP contribution < -0.4 is 10.2 Å². The summed E-state index contributed by atoms with van der Waals surface area (Å²) in [5, 5.41) is 2.62. The van der Waals surface area contributed by atoms with Crippen LogP contribution in [0, 0.1) is 23.7 Å². The fraction of sp³-hybridized carbons (Fsp3) is 0.261. The van der Waals surface area contributed by atoms with Crippen molar-refractivity contribution in [2.24, 2.45) is 23.7 Å². The molecule has 0 unspecified atom stereocenters. The van der Waals surface area contributed by atoms with Gasteiger partial charge in [0.1, 0.15) is 0 Å². The minimum atomic E-state index is -4.50. The maximum Gasteiger partial charge on any atom is 0.416 e. The SMILES string of the molecule is O=C(Nc1ccccc1N1C(=O)[C@@H]2[C@@H](C1=O)[C@H]1C=C[C@@H]2C1)c1ccc(C(F)(F)F)cc1. The number of allylic oxidation sites excluding steroid dienone is 2. The molecule has 1 saturated heterocycles. The molecule has 158 valence electrons. The average molecular weight is 426 g/mol. The number of fused-ring (bicyclic) bond motifs is 5. The molecule has 0 spiro atoms. The Morgan fingerprint density at radius 3 is 2.06 bits per heavy atom. The molecule has 2 aromatic carbocycles. The zero-order chi connectivity index (χ0) is 21.9. The fourth-order valence-corrected chi connectivity index (χ4v) is 4.92. The molecule has 0 radical (unpaired) electrons. The van der Waals surface area contributed by atoms with Crippen LogP contribution in [0.5, 0.6) is 0 Å². The van der Waals surface area contributed by atoms with Gasteiger partial charge in [-0.15, -0.1) is 0 Å². The van der Waals surface area contributed by atoms with E-state index in [9.17, 15) is 27.6 Å². The number of halogens is 3. The van der Waals surface area contributed by atoms with Crippen molar-refractivity contribution in [3.8, 4) is 0 Å². The van der Waals surface area contributed by atoms with Gasteiger partial charge in [-0.05, 0) is 54.7 Å². The molecule has 1 N–H and O–H groups in total. The van der Waals surface area contributed by atoms with Gasteiger partial charge in [-0.1, -0.05) is 24.3 Å². The third-order valence-electron chi connectivity index (χ3n) is 6.34. The van der Waals surface area contributed by atoms with Crippen LogP contribution in [0.2, 0.25) is 0 Å². The molecule has 4 atom stereocenters. The van der Waals surface area contributed by atoms with E-state index < -0.39 is 17.6 Å². The number of para-hydroxylation sites is 2. The standard InChI is InChI=1S/C23H17F3N2O3/c24-23(25,26)15-9-7-12(8-10-15)20(29)27-16-3-1-2-4-17(16)28-21(30)18-13-5-6-14(11-13)19(18)22(28)31/h1-10,13-14,18-19H,11H2,(H,27,29)/t13-,14+,18-,19-/m0/s1. The van der Waals surface area contributed by atoms with Gasteiger partial charge in [0.25, 0.3) is 5.91 Å². The van der Waals surface area contributed by atoms with E-state index in [-0.39, 0.29) is 52.4 Å². The predicted molar refractivity (Wildman–Crippen MR) is 106 cm³/mol. The highest BCUT2D eigenvalue weighted by molar-refractivity contribution is 6.24. The summed E-state index contributed by atoms with van der Waals surface area (Å²) >= 11 is 0. The number of carbonyl (C=O) groups is 3. The summed E-state index contributed by atoms with van der Waals surface area (Å²) in [7, 11) is 0. The molecule has 2 bridgehead atoms. The summed E-state index contributed by atoms with van der Waals surface area (Å²) < 4.78 is 38.2. The molecule has 5 rings (SSSR count). The quantitative estimate of drug-likeness (QED) is 0.589. The molecule has 1 heterocycles. The van der Waals surface area contributed by atoms with Crippen LogP contribution >= 0.6 is 0 Å². The van der Waals surface area contributed by atoms with Crippen molar-refractivity contribution in [1.82, 2.24) is 0 Å². The molecule has 2 aromatic rings. The number of carbonyl (C=O) groups excluding carboxylic acids is 3. The van der Waals surface area contributed by atoms with E-state index in [0.29, 0.717) is 0 Å². The van der Waals surface area contributed by atoms with Crippen LogP contribution in [-0.4, -0.2) is 17.7 Å². The molecule has 0 aromatic heterocycles. The van der Waals surface area contributed by atoms with E-state index in [1.165, 1.54) is 0 Å². The van der Waals surface area contributed by atoms with Crippen LogP contribution in [0.15, 0.2) is 60.7 Å². The first-order valence-electron chi connectivity index (χ1n) is 9.89. The number of rotatable bonds is 3. The number of hydrogen-bond acceptors (Lipinski definition) is 3. The fourth-order valence-electron chi connectivity index (χ4n) is 4.92. The molecular weight excluding hydrogens is 409 g/mol. The second-order valence-electron chi connectivity index (χ2n) is 8.06. The molecule has 1 aliphatic heterocycles. The summed E-state index contributed by atoms with van der Waals surface area (Å²) in [5.74, 6) is -1.81. The summed E-state index contributed by atoms with van der Waals surface area (Å²) in [4.78, 5) is 39.9. The minimum Gasteiger partial charge on any atom is -0.320 e. The number of hydrogen-bond donors (Lipinski definition) is 1. The Hall–Kier alpha value is -3.42. The van der Waals surface area contributed by atoms with Crippen LogP contribution in [0.3, 0.4) is 0 Å². The first kappa shape index (κ1) is 19.5. The Kier molecular flexibility index (Phi) is 4.28. The van der Waals surface area contributed by atoms with E-state index in [4.69, 9.17) is 0 Å². The molecule has 3 aliphatic rings. The Bertz CT molecular complexity index is 1090. The van der Waals surface area contributed by atoms with Crippen LogP contribution in [-0.2, 0) is 15.8 Å². The van der Waals surface area contributed by atoms with Crippen molar-refractivity contribution in [1.29, 1.82) is 0 Å². The smallest absolute Gasteiger partial charge is 0.320 e. The lowest BCUT2D eigenvalue weighted by atomic mass is 9.85. The summed E-state index contributed by atoms with van der Waals surface area (Å²) in [6, 6.07) is 10.3. The monoisotopic (exact) mass is 426 g/mol. The zero-order valence-electron chi connectivity index (χ0n) is 16.1. The first-order chi connectivity index (χ1) is 14.8. The van der Waals surface area contributed by atoms with Gasteiger partial charge in [0.2, 0.25) is 11.8 Å². The minimum absolute atomic E-state index is 0.0287. The molecule has 8 heteroatoms. The molecule has 1 saturated carbocycles. The van der Waals surface area contributed by atoms with Gasteiger partial charge in [-0.2, -0.15) is 13.2 Å². The average Bonchev–Trinajstić information content (AvgIpc) is 3.42. The van der Waals surface area contributed by atoms with Gasteiger partial charge >= 0.3 is 6.18 Å². The third kappa shape index (κ3) is 3.05. The normalized spacial score (nSPS) is 26.5. The van der Waals surface area contributed by atoms with E-state index in [1.807, 2.05) is 12.2 Å². The lowest BCUT2D eigenvalue weighted by Crippen LogP contribution is -2.33. The Balaban J connectivity index is 1.41. The van der Waals surface area contributed by atoms with Crippen LogP contribution in [0.1, 0.15) is 22.3 Å². The van der Waals surface area contributed by atoms with Crippen molar-refractivity contribution in [2.75, 3.05) is 10.2 Å². The molecule has 2 fully saturated rings. The number of nitrogens with one attached hydrogen (secondary N) is 1. The van der Waals surface area contributed by atoms with E-state index >= 15 is 0 Å². The number of amides is 3. The number of anilines is 2. The van der Waals surface area contributed by atoms with Gasteiger partial charge in [0, 0.05) is 5.56 Å². The lowest BCUT2D eigenvalue weighted by molar-refractivity contribution is -0.137. The van der Waals surface area contributed by atoms with Gasteiger partial charge < -0.3 is 5.32 Å². The molecular formula is C23H17F3N2O3. The van der Waals surface area contributed by atoms with E-state index in [1.54, 1.807) is 24.3 Å². The second-order valence-corrected chi connectivity index (χ2v) is 8.06. The number of nitrogens with zero attached hydrogens (tertiary/aromatic N) is 1. The lowest BCUT2D eigenvalue weighted by Gasteiger charge is -2.21. The topological polar surface area (TPSA) is 66.5 Å². The Morgan fingerprint density at radius 1 is 0.903 bits per heavy atom. The van der Waals surface area contributed by atoms with Crippen molar-refractivity contribution < 1.29 is 27.6 Å². The van der Waals surface area contributed by atoms with Crippen molar-refractivity contribution >= 4 is 29.1 Å². The van der Waals surface area contributed by atoms with Crippen LogP contribution in [0.25, 0.3) is 0 Å². The summed E-state index contributed by atoms with van der Waals surface area (Å²) in [6.45, 7) is 0. The molecule has 2 aliphatic carbocycles. The van der Waals surface area contributed by atoms with Crippen LogP contribution in [0.4, 0.5) is 24.5 Å². The Labute approximate surface area is 175 Å². The van der Waals surface area contributed by atoms with Gasteiger partial charge in [-0.25, -0.2) is 4.90 Å². The molecule has 5 nitrogen and oxygen atoms in total. The van der Waals surface area contributed by atoms with Crippen molar-refractivity contribution in [2.45, 2.75) is 12.6 Å². The van der Waals surface area contributed by atoms with E-state index in [2.05, 4.69) is 5.32 Å². The predicted octanol–water partition coefficient (Wildman–Crippen LogP) is 4.27. The largest absolute Gasteiger partial charge is 0.416 e. The number of benzene rings is 2.